The number of aliphatic imine (C=N–C) groups is 1. The van der Waals surface area contributed by atoms with Crippen molar-refractivity contribution in [2.24, 2.45) is 16.8 Å². The number of nitrogens with zero attached hydrogens (tertiary/aromatic N) is 4. The number of allylic oxidation sites excluding steroid dienone is 3. The summed E-state index contributed by atoms with van der Waals surface area (Å²) >= 11 is 0. The zero-order valence-corrected chi connectivity index (χ0v) is 33.2. The average Bonchev–Trinajstić information content (AvgIpc) is 3.25. The summed E-state index contributed by atoms with van der Waals surface area (Å²) in [4.78, 5) is 26.8. The number of benzene rings is 1. The normalized spacial score (nSPS) is 14.2. The molecule has 51 heavy (non-hydrogen) atoms. The minimum Gasteiger partial charge on any atom is -0.489 e. The lowest BCUT2D eigenvalue weighted by Crippen LogP contribution is -2.30. The Balaban J connectivity index is 0.000000645. The van der Waals surface area contributed by atoms with Gasteiger partial charge in [-0.3, -0.25) is 9.78 Å². The predicted octanol–water partition coefficient (Wildman–Crippen LogP) is 11.2. The van der Waals surface area contributed by atoms with Gasteiger partial charge in [-0.1, -0.05) is 73.5 Å². The van der Waals surface area contributed by atoms with E-state index in [1.165, 1.54) is 6.42 Å². The van der Waals surface area contributed by atoms with Gasteiger partial charge in [-0.15, -0.1) is 0 Å². The molecule has 1 unspecified atom stereocenters. The third-order valence-electron chi connectivity index (χ3n) is 8.02. The van der Waals surface area contributed by atoms with Gasteiger partial charge in [0, 0.05) is 36.6 Å². The van der Waals surface area contributed by atoms with E-state index in [1.54, 1.807) is 19.2 Å². The van der Waals surface area contributed by atoms with Crippen molar-refractivity contribution in [1.29, 1.82) is 0 Å². The molecular formula is C43H63N5O3. The Morgan fingerprint density at radius 3 is 2.35 bits per heavy atom. The third kappa shape index (κ3) is 15.5. The molecule has 1 N–H and O–H groups in total. The summed E-state index contributed by atoms with van der Waals surface area (Å²) in [5.74, 6) is 5.38. The van der Waals surface area contributed by atoms with Gasteiger partial charge in [0.05, 0.1) is 12.8 Å². The maximum Gasteiger partial charge on any atom is 0.172 e. The van der Waals surface area contributed by atoms with Crippen LogP contribution < -0.4 is 19.7 Å². The van der Waals surface area contributed by atoms with Crippen LogP contribution in [0.4, 0.5) is 11.5 Å². The van der Waals surface area contributed by atoms with E-state index in [2.05, 4.69) is 75.8 Å². The van der Waals surface area contributed by atoms with Crippen molar-refractivity contribution >= 4 is 23.1 Å². The minimum absolute atomic E-state index is 0.127. The first kappa shape index (κ1) is 42.7. The smallest absolute Gasteiger partial charge is 0.172 e. The first-order valence-corrected chi connectivity index (χ1v) is 18.7. The van der Waals surface area contributed by atoms with Crippen molar-refractivity contribution in [3.8, 4) is 17.2 Å². The summed E-state index contributed by atoms with van der Waals surface area (Å²) in [7, 11) is 0. The standard InChI is InChI=1S/C32H41N5O2.C6H10O.C5H12/c1-7-9-15-33-31(35-26-12-14-28(23(4)17-26)39-27-13-11-25(6)34-19-27)30-24(5)18-29-32(36-30)37(16-10-8-2)20-22(3)21-38-29;1-3-4-5-6(2)7;1-4-5(2)3/h9,11-15,17-19,22H,7-8,10,16,20-21H2,1-6H3,(H,33,35);4-5H,3H2,1-2H3;5H,4H2,1-3H3/b15-9+;5-4+;. The molecule has 0 saturated carbocycles. The summed E-state index contributed by atoms with van der Waals surface area (Å²) < 4.78 is 12.3. The molecule has 0 amide bonds. The quantitative estimate of drug-likeness (QED) is 0.114. The van der Waals surface area contributed by atoms with E-state index in [4.69, 9.17) is 19.5 Å². The summed E-state index contributed by atoms with van der Waals surface area (Å²) in [6.07, 6.45) is 14.5. The van der Waals surface area contributed by atoms with Crippen LogP contribution in [0.25, 0.3) is 0 Å². The minimum atomic E-state index is 0.127. The Morgan fingerprint density at radius 1 is 1.06 bits per heavy atom. The maximum atomic E-state index is 10.1. The van der Waals surface area contributed by atoms with Gasteiger partial charge in [0.15, 0.2) is 23.2 Å². The molecule has 8 heteroatoms. The fraction of sp³-hybridized carbons (Fsp3) is 0.488. The van der Waals surface area contributed by atoms with Crippen molar-refractivity contribution in [3.05, 3.63) is 89.5 Å². The zero-order valence-electron chi connectivity index (χ0n) is 33.2. The van der Waals surface area contributed by atoms with Crippen molar-refractivity contribution < 1.29 is 14.3 Å². The summed E-state index contributed by atoms with van der Waals surface area (Å²) in [5.41, 5.74) is 4.70. The van der Waals surface area contributed by atoms with Crippen molar-refractivity contribution in [2.75, 3.05) is 29.9 Å². The Hall–Kier alpha value is -4.46. The molecule has 4 rings (SSSR count). The van der Waals surface area contributed by atoms with Gasteiger partial charge in [-0.25, -0.2) is 9.98 Å². The number of aryl methyl sites for hydroxylation is 3. The Bertz CT molecular complexity index is 1580. The van der Waals surface area contributed by atoms with E-state index >= 15 is 0 Å². The van der Waals surface area contributed by atoms with Gasteiger partial charge in [-0.05, 0) is 106 Å². The molecule has 1 aliphatic rings. The molecule has 0 fully saturated rings. The number of pyridine rings is 2. The zero-order chi connectivity index (χ0) is 37.8. The van der Waals surface area contributed by atoms with E-state index < -0.39 is 0 Å². The fourth-order valence-electron chi connectivity index (χ4n) is 4.73. The highest BCUT2D eigenvalue weighted by atomic mass is 16.5. The van der Waals surface area contributed by atoms with Crippen LogP contribution in [0.2, 0.25) is 0 Å². The van der Waals surface area contributed by atoms with Crippen LogP contribution in [0.5, 0.6) is 17.2 Å². The molecule has 1 atom stereocenters. The van der Waals surface area contributed by atoms with Crippen molar-refractivity contribution in [3.63, 3.8) is 0 Å². The number of ketones is 1. The van der Waals surface area contributed by atoms with Crippen LogP contribution >= 0.6 is 0 Å². The number of aromatic nitrogens is 2. The highest BCUT2D eigenvalue weighted by Gasteiger charge is 2.24. The second-order valence-electron chi connectivity index (χ2n) is 13.5. The molecule has 0 aliphatic carbocycles. The van der Waals surface area contributed by atoms with Crippen LogP contribution in [0, 0.1) is 32.6 Å². The van der Waals surface area contributed by atoms with Gasteiger partial charge in [0.2, 0.25) is 0 Å². The number of hydrogen-bond donors (Lipinski definition) is 1. The van der Waals surface area contributed by atoms with Gasteiger partial charge in [-0.2, -0.15) is 0 Å². The highest BCUT2D eigenvalue weighted by Crippen LogP contribution is 2.33. The Morgan fingerprint density at radius 2 is 1.78 bits per heavy atom. The van der Waals surface area contributed by atoms with E-state index in [0.717, 1.165) is 90.2 Å². The van der Waals surface area contributed by atoms with Crippen LogP contribution in [-0.4, -0.2) is 41.3 Å². The maximum absolute atomic E-state index is 10.1. The van der Waals surface area contributed by atoms with Crippen LogP contribution in [0.3, 0.4) is 0 Å². The molecule has 8 nitrogen and oxygen atoms in total. The number of fused-ring (bicyclic) bond motifs is 1. The van der Waals surface area contributed by atoms with E-state index in [-0.39, 0.29) is 5.78 Å². The molecule has 3 heterocycles. The van der Waals surface area contributed by atoms with Gasteiger partial charge < -0.3 is 19.7 Å². The van der Waals surface area contributed by atoms with E-state index in [1.807, 2.05) is 63.4 Å². The van der Waals surface area contributed by atoms with Gasteiger partial charge >= 0.3 is 0 Å². The number of unbranched alkanes of at least 4 members (excludes halogenated alkanes) is 1. The number of carbonyl (C=O) groups excluding carboxylic acids is 1. The molecule has 0 radical (unpaired) electrons. The molecule has 0 saturated heterocycles. The monoisotopic (exact) mass is 697 g/mol. The number of nitrogens with one attached hydrogen (secondary N) is 1. The highest BCUT2D eigenvalue weighted by molar-refractivity contribution is 6.08. The van der Waals surface area contributed by atoms with Gasteiger partial charge in [0.25, 0.3) is 0 Å². The van der Waals surface area contributed by atoms with Crippen molar-refractivity contribution in [2.45, 2.75) is 108 Å². The molecule has 0 bridgehead atoms. The summed E-state index contributed by atoms with van der Waals surface area (Å²) in [6, 6.07) is 12.0. The molecule has 2 aromatic heterocycles. The van der Waals surface area contributed by atoms with Crippen LogP contribution in [-0.2, 0) is 4.79 Å². The summed E-state index contributed by atoms with van der Waals surface area (Å²) in [5, 5.41) is 3.53. The second kappa shape index (κ2) is 23.1. The number of ether oxygens (including phenoxy) is 2. The molecule has 3 aromatic rings. The lowest BCUT2D eigenvalue weighted by Gasteiger charge is -2.25. The average molecular weight is 698 g/mol. The lowest BCUT2D eigenvalue weighted by atomic mass is 10.1. The van der Waals surface area contributed by atoms with E-state index in [0.29, 0.717) is 24.1 Å². The first-order chi connectivity index (χ1) is 24.4. The molecule has 0 spiro atoms. The number of anilines is 2. The number of hydrogen-bond acceptors (Lipinski definition) is 7. The molecule has 1 aromatic carbocycles. The molecular weight excluding hydrogens is 635 g/mol. The largest absolute Gasteiger partial charge is 0.489 e. The number of carbonyl (C=O) groups is 1. The Kier molecular flexibility index (Phi) is 19.3. The third-order valence-corrected chi connectivity index (χ3v) is 8.02. The van der Waals surface area contributed by atoms with Crippen LogP contribution in [0.15, 0.2) is 72.0 Å². The number of amidine groups is 1. The predicted molar refractivity (Wildman–Crippen MR) is 216 cm³/mol. The van der Waals surface area contributed by atoms with Crippen molar-refractivity contribution in [1.82, 2.24) is 9.97 Å². The summed E-state index contributed by atoms with van der Waals surface area (Å²) in [6.45, 7) is 25.4. The lowest BCUT2D eigenvalue weighted by molar-refractivity contribution is -0.112. The second-order valence-corrected chi connectivity index (χ2v) is 13.5. The molecule has 278 valence electrons. The topological polar surface area (TPSA) is 88.9 Å². The fourth-order valence-corrected chi connectivity index (χ4v) is 4.73. The van der Waals surface area contributed by atoms with Crippen LogP contribution in [0.1, 0.15) is 110 Å². The SMILES string of the molecule is CC/C=C/C(C)=O.CC/C=C/N=C(Nc1ccc(Oc2ccc(C)nc2)c(C)c1)c1nc2c(cc1C)OCC(C)CN2CCCC.CCC(C)C. The first-order valence-electron chi connectivity index (χ1n) is 18.7. The Labute approximate surface area is 308 Å². The van der Waals surface area contributed by atoms with Gasteiger partial charge in [0.1, 0.15) is 17.2 Å². The van der Waals surface area contributed by atoms with E-state index in [9.17, 15) is 4.79 Å². The number of rotatable bonds is 12. The molecule has 1 aliphatic heterocycles.